The highest BCUT2D eigenvalue weighted by Gasteiger charge is 2.18. The summed E-state index contributed by atoms with van der Waals surface area (Å²) in [5.74, 6) is 0. The van der Waals surface area contributed by atoms with Crippen LogP contribution in [0.4, 0.5) is 8.78 Å². The standard InChI is InChI=1S/C12H10Cl2F2N2O/c1-6-3-10(9(14)4-8(6)13)17-5-7(2)18(11(15)16)12(17)19/h3-5,11H,1-2H3. The fourth-order valence-electron chi connectivity index (χ4n) is 1.81. The highest BCUT2D eigenvalue weighted by molar-refractivity contribution is 6.36. The zero-order valence-corrected chi connectivity index (χ0v) is 11.6. The molecule has 0 unspecified atom stereocenters. The molecule has 0 radical (unpaired) electrons. The van der Waals surface area contributed by atoms with Gasteiger partial charge in [-0.05, 0) is 31.5 Å². The smallest absolute Gasteiger partial charge is 0.266 e. The average Bonchev–Trinajstić information content (AvgIpc) is 2.59. The summed E-state index contributed by atoms with van der Waals surface area (Å²) in [4.78, 5) is 11.9. The summed E-state index contributed by atoms with van der Waals surface area (Å²) in [6, 6.07) is 3.07. The molecule has 7 heteroatoms. The number of hydrogen-bond donors (Lipinski definition) is 0. The van der Waals surface area contributed by atoms with Gasteiger partial charge in [-0.1, -0.05) is 23.2 Å². The number of imidazole rings is 1. The molecule has 2 aromatic rings. The van der Waals surface area contributed by atoms with Crippen molar-refractivity contribution in [3.05, 3.63) is 50.1 Å². The molecule has 0 spiro atoms. The Morgan fingerprint density at radius 1 is 1.16 bits per heavy atom. The van der Waals surface area contributed by atoms with E-state index in [1.807, 2.05) is 0 Å². The highest BCUT2D eigenvalue weighted by atomic mass is 35.5. The van der Waals surface area contributed by atoms with E-state index in [0.29, 0.717) is 20.8 Å². The van der Waals surface area contributed by atoms with Gasteiger partial charge in [0.15, 0.2) is 0 Å². The fourth-order valence-corrected chi connectivity index (χ4v) is 2.28. The van der Waals surface area contributed by atoms with Crippen LogP contribution in [0.25, 0.3) is 5.69 Å². The van der Waals surface area contributed by atoms with Gasteiger partial charge >= 0.3 is 12.2 Å². The molecule has 0 saturated heterocycles. The molecule has 1 aromatic carbocycles. The summed E-state index contributed by atoms with van der Waals surface area (Å²) in [6.07, 6.45) is 1.32. The Labute approximate surface area is 118 Å². The molecule has 1 aromatic heterocycles. The van der Waals surface area contributed by atoms with E-state index in [9.17, 15) is 13.6 Å². The molecule has 0 amide bonds. The van der Waals surface area contributed by atoms with Gasteiger partial charge in [0.25, 0.3) is 0 Å². The summed E-state index contributed by atoms with van der Waals surface area (Å²) in [5.41, 5.74) is 0.353. The van der Waals surface area contributed by atoms with Crippen LogP contribution in [-0.2, 0) is 0 Å². The van der Waals surface area contributed by atoms with Crippen LogP contribution < -0.4 is 5.69 Å². The topological polar surface area (TPSA) is 26.9 Å². The molecule has 0 aliphatic rings. The summed E-state index contributed by atoms with van der Waals surface area (Å²) in [7, 11) is 0. The van der Waals surface area contributed by atoms with Crippen LogP contribution in [0.2, 0.25) is 10.0 Å². The van der Waals surface area contributed by atoms with Gasteiger partial charge in [-0.15, -0.1) is 0 Å². The van der Waals surface area contributed by atoms with Crippen molar-refractivity contribution in [2.24, 2.45) is 0 Å². The van der Waals surface area contributed by atoms with E-state index in [1.165, 1.54) is 19.2 Å². The minimum absolute atomic E-state index is 0.156. The van der Waals surface area contributed by atoms with E-state index in [2.05, 4.69) is 0 Å². The van der Waals surface area contributed by atoms with E-state index in [0.717, 1.165) is 4.57 Å². The maximum absolute atomic E-state index is 12.8. The van der Waals surface area contributed by atoms with E-state index in [4.69, 9.17) is 23.2 Å². The number of aromatic nitrogens is 2. The van der Waals surface area contributed by atoms with Gasteiger partial charge in [-0.3, -0.25) is 4.57 Å². The van der Waals surface area contributed by atoms with E-state index < -0.39 is 12.2 Å². The Bertz CT molecular complexity index is 692. The minimum atomic E-state index is -2.89. The van der Waals surface area contributed by atoms with E-state index >= 15 is 0 Å². The van der Waals surface area contributed by atoms with Crippen LogP contribution in [0.3, 0.4) is 0 Å². The number of halogens is 4. The van der Waals surface area contributed by atoms with Crippen molar-refractivity contribution in [1.29, 1.82) is 0 Å². The zero-order chi connectivity index (χ0) is 14.3. The maximum atomic E-state index is 12.8. The largest absolute Gasteiger partial charge is 0.337 e. The Kier molecular flexibility index (Phi) is 3.69. The molecule has 0 saturated carbocycles. The van der Waals surface area contributed by atoms with E-state index in [-0.39, 0.29) is 10.7 Å². The third kappa shape index (κ3) is 2.40. The van der Waals surface area contributed by atoms with Gasteiger partial charge in [0.05, 0.1) is 10.7 Å². The van der Waals surface area contributed by atoms with Crippen LogP contribution in [0.15, 0.2) is 23.1 Å². The summed E-state index contributed by atoms with van der Waals surface area (Å²) >= 11 is 11.9. The van der Waals surface area contributed by atoms with Gasteiger partial charge in [0.2, 0.25) is 0 Å². The molecule has 0 atom stereocenters. The molecule has 19 heavy (non-hydrogen) atoms. The van der Waals surface area contributed by atoms with Gasteiger partial charge in [0, 0.05) is 16.9 Å². The maximum Gasteiger partial charge on any atom is 0.337 e. The first-order valence-corrected chi connectivity index (χ1v) is 6.13. The van der Waals surface area contributed by atoms with Gasteiger partial charge < -0.3 is 0 Å². The lowest BCUT2D eigenvalue weighted by Crippen LogP contribution is -2.24. The highest BCUT2D eigenvalue weighted by Crippen LogP contribution is 2.27. The molecule has 3 nitrogen and oxygen atoms in total. The molecular formula is C12H10Cl2F2N2O. The predicted molar refractivity (Wildman–Crippen MR) is 70.8 cm³/mol. The summed E-state index contributed by atoms with van der Waals surface area (Å²) in [5, 5.41) is 0.677. The van der Waals surface area contributed by atoms with Crippen molar-refractivity contribution in [3.8, 4) is 5.69 Å². The quantitative estimate of drug-likeness (QED) is 0.825. The molecule has 0 bridgehead atoms. The van der Waals surface area contributed by atoms with Crippen molar-refractivity contribution in [3.63, 3.8) is 0 Å². The van der Waals surface area contributed by atoms with Crippen molar-refractivity contribution < 1.29 is 8.78 Å². The second kappa shape index (κ2) is 4.98. The number of rotatable bonds is 2. The molecule has 0 aliphatic carbocycles. The first-order chi connectivity index (χ1) is 8.82. The Morgan fingerprint density at radius 3 is 2.32 bits per heavy atom. The van der Waals surface area contributed by atoms with Crippen LogP contribution >= 0.6 is 23.2 Å². The molecular weight excluding hydrogens is 297 g/mol. The zero-order valence-electron chi connectivity index (χ0n) is 10.1. The predicted octanol–water partition coefficient (Wildman–Crippen LogP) is 3.96. The first kappa shape index (κ1) is 14.1. The van der Waals surface area contributed by atoms with Crippen LogP contribution in [-0.4, -0.2) is 9.13 Å². The van der Waals surface area contributed by atoms with Crippen molar-refractivity contribution in [2.75, 3.05) is 0 Å². The van der Waals surface area contributed by atoms with Crippen molar-refractivity contribution >= 4 is 23.2 Å². The number of aryl methyl sites for hydroxylation is 2. The number of alkyl halides is 2. The van der Waals surface area contributed by atoms with Gasteiger partial charge in [0.1, 0.15) is 0 Å². The molecule has 0 N–H and O–H groups in total. The molecule has 2 rings (SSSR count). The molecule has 0 aliphatic heterocycles. The Balaban J connectivity index is 2.70. The minimum Gasteiger partial charge on any atom is -0.266 e. The number of benzene rings is 1. The van der Waals surface area contributed by atoms with E-state index in [1.54, 1.807) is 13.0 Å². The van der Waals surface area contributed by atoms with Crippen LogP contribution in [0.1, 0.15) is 17.8 Å². The molecule has 1 heterocycles. The fraction of sp³-hybridized carbons (Fsp3) is 0.250. The third-order valence-corrected chi connectivity index (χ3v) is 3.50. The first-order valence-electron chi connectivity index (χ1n) is 5.37. The molecule has 0 fully saturated rings. The number of nitrogens with zero attached hydrogens (tertiary/aromatic N) is 2. The lowest BCUT2D eigenvalue weighted by Gasteiger charge is -2.07. The lowest BCUT2D eigenvalue weighted by atomic mass is 10.2. The molecule has 102 valence electrons. The Morgan fingerprint density at radius 2 is 1.79 bits per heavy atom. The summed E-state index contributed by atoms with van der Waals surface area (Å²) in [6.45, 7) is 0.283. The Hall–Kier alpha value is -1.33. The van der Waals surface area contributed by atoms with Gasteiger partial charge in [-0.2, -0.15) is 8.78 Å². The summed E-state index contributed by atoms with van der Waals surface area (Å²) < 4.78 is 27.0. The normalized spacial score (nSPS) is 11.3. The second-order valence-electron chi connectivity index (χ2n) is 4.12. The van der Waals surface area contributed by atoms with Crippen molar-refractivity contribution in [1.82, 2.24) is 9.13 Å². The average molecular weight is 307 g/mol. The van der Waals surface area contributed by atoms with Gasteiger partial charge in [-0.25, -0.2) is 9.36 Å². The second-order valence-corrected chi connectivity index (χ2v) is 4.94. The van der Waals surface area contributed by atoms with Crippen LogP contribution in [0, 0.1) is 13.8 Å². The van der Waals surface area contributed by atoms with Crippen LogP contribution in [0.5, 0.6) is 0 Å². The monoisotopic (exact) mass is 306 g/mol. The number of hydrogen-bond acceptors (Lipinski definition) is 1. The SMILES string of the molecule is Cc1cc(-n2cc(C)n(C(F)F)c2=O)c(Cl)cc1Cl. The van der Waals surface area contributed by atoms with Crippen molar-refractivity contribution in [2.45, 2.75) is 20.4 Å². The lowest BCUT2D eigenvalue weighted by molar-refractivity contribution is 0.0643. The third-order valence-electron chi connectivity index (χ3n) is 2.79.